The predicted molar refractivity (Wildman–Crippen MR) is 72.2 cm³/mol. The van der Waals surface area contributed by atoms with Gasteiger partial charge in [-0.05, 0) is 19.2 Å². The topological polar surface area (TPSA) is 53.0 Å². The van der Waals surface area contributed by atoms with Gasteiger partial charge in [0.25, 0.3) is 0 Å². The molecule has 0 aromatic heterocycles. The van der Waals surface area contributed by atoms with E-state index in [-0.39, 0.29) is 24.4 Å². The standard InChI is InChI=1S/C14H18F2N2O3/c1-17-5-6-18(8-11(17)14(19)20)7-9-12(21-2)4-3-10(15)13(9)16/h3-4,11H,5-8H2,1-2H3,(H,19,20)/t11-/m0/s1. The number of ether oxygens (including phenoxy) is 1. The fourth-order valence-electron chi connectivity index (χ4n) is 2.48. The monoisotopic (exact) mass is 300 g/mol. The van der Waals surface area contributed by atoms with E-state index in [1.54, 1.807) is 16.8 Å². The lowest BCUT2D eigenvalue weighted by Crippen LogP contribution is -2.54. The molecule has 7 heteroatoms. The van der Waals surface area contributed by atoms with Gasteiger partial charge in [-0.1, -0.05) is 0 Å². The first-order valence-electron chi connectivity index (χ1n) is 6.60. The van der Waals surface area contributed by atoms with E-state index in [9.17, 15) is 13.6 Å². The predicted octanol–water partition coefficient (Wildman–Crippen LogP) is 1.17. The van der Waals surface area contributed by atoms with Crippen molar-refractivity contribution in [3.05, 3.63) is 29.3 Å². The number of halogens is 2. The highest BCUT2D eigenvalue weighted by Gasteiger charge is 2.30. The van der Waals surface area contributed by atoms with Crippen molar-refractivity contribution in [3.63, 3.8) is 0 Å². The van der Waals surface area contributed by atoms with Crippen molar-refractivity contribution in [2.75, 3.05) is 33.8 Å². The van der Waals surface area contributed by atoms with Gasteiger partial charge in [-0.15, -0.1) is 0 Å². The van der Waals surface area contributed by atoms with E-state index in [4.69, 9.17) is 9.84 Å². The number of benzene rings is 1. The van der Waals surface area contributed by atoms with Crippen LogP contribution in [0.5, 0.6) is 5.75 Å². The molecule has 1 N–H and O–H groups in total. The molecule has 1 aromatic rings. The molecule has 1 aliphatic rings. The summed E-state index contributed by atoms with van der Waals surface area (Å²) in [7, 11) is 3.12. The molecular formula is C14H18F2N2O3. The van der Waals surface area contributed by atoms with Crippen LogP contribution in [0.4, 0.5) is 8.78 Å². The molecule has 1 heterocycles. The Morgan fingerprint density at radius 3 is 2.76 bits per heavy atom. The number of aliphatic carboxylic acids is 1. The molecule has 0 aliphatic carbocycles. The SMILES string of the molecule is COc1ccc(F)c(F)c1CN1CCN(C)[C@H](C(=O)O)C1. The second kappa shape index (κ2) is 6.36. The van der Waals surface area contributed by atoms with Gasteiger partial charge in [0.2, 0.25) is 0 Å². The number of carboxylic acids is 1. The van der Waals surface area contributed by atoms with Crippen LogP contribution in [-0.2, 0) is 11.3 Å². The molecule has 0 unspecified atom stereocenters. The zero-order valence-corrected chi connectivity index (χ0v) is 12.0. The average Bonchev–Trinajstić information content (AvgIpc) is 2.45. The van der Waals surface area contributed by atoms with Crippen molar-refractivity contribution >= 4 is 5.97 Å². The first-order chi connectivity index (χ1) is 9.93. The maximum Gasteiger partial charge on any atom is 0.322 e. The van der Waals surface area contributed by atoms with E-state index in [2.05, 4.69) is 0 Å². The van der Waals surface area contributed by atoms with E-state index in [1.807, 2.05) is 0 Å². The van der Waals surface area contributed by atoms with E-state index in [1.165, 1.54) is 13.2 Å². The molecule has 1 atom stereocenters. The normalized spacial score (nSPS) is 20.5. The average molecular weight is 300 g/mol. The van der Waals surface area contributed by atoms with Crippen molar-refractivity contribution in [1.82, 2.24) is 9.80 Å². The first-order valence-corrected chi connectivity index (χ1v) is 6.60. The molecule has 1 saturated heterocycles. The Morgan fingerprint density at radius 1 is 1.43 bits per heavy atom. The third kappa shape index (κ3) is 3.30. The number of rotatable bonds is 4. The highest BCUT2D eigenvalue weighted by molar-refractivity contribution is 5.73. The molecule has 5 nitrogen and oxygen atoms in total. The summed E-state index contributed by atoms with van der Waals surface area (Å²) in [5.74, 6) is -2.54. The summed E-state index contributed by atoms with van der Waals surface area (Å²) in [5.41, 5.74) is 0.117. The zero-order chi connectivity index (χ0) is 15.6. The largest absolute Gasteiger partial charge is 0.496 e. The lowest BCUT2D eigenvalue weighted by atomic mass is 10.1. The fourth-order valence-corrected chi connectivity index (χ4v) is 2.48. The maximum atomic E-state index is 13.9. The van der Waals surface area contributed by atoms with Crippen LogP contribution in [0.1, 0.15) is 5.56 Å². The molecule has 1 fully saturated rings. The Hall–Kier alpha value is -1.73. The van der Waals surface area contributed by atoms with Gasteiger partial charge < -0.3 is 9.84 Å². The number of piperazine rings is 1. The highest BCUT2D eigenvalue weighted by Crippen LogP contribution is 2.26. The third-order valence-electron chi connectivity index (χ3n) is 3.77. The molecule has 0 radical (unpaired) electrons. The Bertz CT molecular complexity index is 539. The second-order valence-corrected chi connectivity index (χ2v) is 5.11. The molecule has 1 aromatic carbocycles. The van der Waals surface area contributed by atoms with Crippen LogP contribution in [0, 0.1) is 11.6 Å². The molecule has 2 rings (SSSR count). The Balaban J connectivity index is 2.19. The van der Waals surface area contributed by atoms with Gasteiger partial charge in [-0.25, -0.2) is 8.78 Å². The van der Waals surface area contributed by atoms with Crippen LogP contribution in [0.25, 0.3) is 0 Å². The molecule has 0 saturated carbocycles. The van der Waals surface area contributed by atoms with E-state index >= 15 is 0 Å². The number of hydrogen-bond donors (Lipinski definition) is 1. The molecule has 1 aliphatic heterocycles. The molecule has 0 bridgehead atoms. The van der Waals surface area contributed by atoms with Gasteiger partial charge in [-0.2, -0.15) is 0 Å². The van der Waals surface area contributed by atoms with E-state index in [0.717, 1.165) is 6.07 Å². The Morgan fingerprint density at radius 2 is 2.14 bits per heavy atom. The van der Waals surface area contributed by atoms with Crippen LogP contribution in [-0.4, -0.2) is 60.7 Å². The molecular weight excluding hydrogens is 282 g/mol. The van der Waals surface area contributed by atoms with Crippen LogP contribution >= 0.6 is 0 Å². The summed E-state index contributed by atoms with van der Waals surface area (Å²) in [5, 5.41) is 9.16. The third-order valence-corrected chi connectivity index (χ3v) is 3.77. The Labute approximate surface area is 121 Å². The quantitative estimate of drug-likeness (QED) is 0.905. The van der Waals surface area contributed by atoms with Crippen molar-refractivity contribution in [2.24, 2.45) is 0 Å². The molecule has 0 spiro atoms. The lowest BCUT2D eigenvalue weighted by molar-refractivity contribution is -0.145. The van der Waals surface area contributed by atoms with E-state index in [0.29, 0.717) is 13.1 Å². The van der Waals surface area contributed by atoms with Gasteiger partial charge in [0.1, 0.15) is 11.8 Å². The van der Waals surface area contributed by atoms with Gasteiger partial charge in [0.05, 0.1) is 7.11 Å². The number of nitrogens with zero attached hydrogens (tertiary/aromatic N) is 2. The van der Waals surface area contributed by atoms with Gasteiger partial charge >= 0.3 is 5.97 Å². The molecule has 21 heavy (non-hydrogen) atoms. The number of hydrogen-bond acceptors (Lipinski definition) is 4. The smallest absolute Gasteiger partial charge is 0.322 e. The zero-order valence-electron chi connectivity index (χ0n) is 12.0. The summed E-state index contributed by atoms with van der Waals surface area (Å²) >= 11 is 0. The summed E-state index contributed by atoms with van der Waals surface area (Å²) in [6.45, 7) is 1.50. The molecule has 116 valence electrons. The lowest BCUT2D eigenvalue weighted by Gasteiger charge is -2.37. The summed E-state index contributed by atoms with van der Waals surface area (Å²) in [4.78, 5) is 14.7. The summed E-state index contributed by atoms with van der Waals surface area (Å²) in [6, 6.07) is 1.74. The Kier molecular flexibility index (Phi) is 4.74. The summed E-state index contributed by atoms with van der Waals surface area (Å²) < 4.78 is 32.4. The van der Waals surface area contributed by atoms with Gasteiger partial charge in [-0.3, -0.25) is 14.6 Å². The van der Waals surface area contributed by atoms with Crippen LogP contribution < -0.4 is 4.74 Å². The number of likely N-dealkylation sites (N-methyl/N-ethyl adjacent to an activating group) is 1. The fraction of sp³-hybridized carbons (Fsp3) is 0.500. The van der Waals surface area contributed by atoms with Gasteiger partial charge in [0.15, 0.2) is 11.6 Å². The number of carboxylic acid groups (broad SMARTS) is 1. The van der Waals surface area contributed by atoms with E-state index < -0.39 is 23.6 Å². The van der Waals surface area contributed by atoms with Crippen LogP contribution in [0.3, 0.4) is 0 Å². The van der Waals surface area contributed by atoms with Crippen molar-refractivity contribution in [1.29, 1.82) is 0 Å². The van der Waals surface area contributed by atoms with Crippen LogP contribution in [0.2, 0.25) is 0 Å². The minimum Gasteiger partial charge on any atom is -0.496 e. The van der Waals surface area contributed by atoms with Crippen molar-refractivity contribution < 1.29 is 23.4 Å². The molecule has 0 amide bonds. The maximum absolute atomic E-state index is 13.9. The number of carbonyl (C=O) groups is 1. The van der Waals surface area contributed by atoms with Crippen LogP contribution in [0.15, 0.2) is 12.1 Å². The van der Waals surface area contributed by atoms with Gasteiger partial charge in [0, 0.05) is 31.7 Å². The number of methoxy groups -OCH3 is 1. The second-order valence-electron chi connectivity index (χ2n) is 5.11. The first kappa shape index (κ1) is 15.7. The van der Waals surface area contributed by atoms with Crippen molar-refractivity contribution in [3.8, 4) is 5.75 Å². The minimum absolute atomic E-state index is 0.115. The summed E-state index contributed by atoms with van der Waals surface area (Å²) in [6.07, 6.45) is 0. The van der Waals surface area contributed by atoms with Crippen molar-refractivity contribution in [2.45, 2.75) is 12.6 Å². The minimum atomic E-state index is -0.944. The highest BCUT2D eigenvalue weighted by atomic mass is 19.2.